The van der Waals surface area contributed by atoms with E-state index in [1.165, 1.54) is 22.7 Å². The first-order valence-electron chi connectivity index (χ1n) is 6.01. The fourth-order valence-corrected chi connectivity index (χ4v) is 4.26. The van der Waals surface area contributed by atoms with Gasteiger partial charge >= 0.3 is 0 Å². The van der Waals surface area contributed by atoms with Gasteiger partial charge in [0.2, 0.25) is 0 Å². The molecule has 7 heteroatoms. The number of fused-ring (bicyclic) bond motifs is 1. The molecule has 3 rings (SSSR count). The lowest BCUT2D eigenvalue weighted by molar-refractivity contribution is 0.171. The van der Waals surface area contributed by atoms with Crippen molar-refractivity contribution in [1.82, 2.24) is 0 Å². The number of hydrogen-bond donors (Lipinski definition) is 0. The number of anilines is 1. The maximum Gasteiger partial charge on any atom is 0.273 e. The molecule has 20 heavy (non-hydrogen) atoms. The minimum absolute atomic E-state index is 0.315. The molecule has 1 aromatic carbocycles. The number of ether oxygens (including phenoxy) is 2. The molecule has 1 aromatic heterocycles. The van der Waals surface area contributed by atoms with E-state index in [4.69, 9.17) is 9.47 Å². The molecule has 0 bridgehead atoms. The van der Waals surface area contributed by atoms with Crippen LogP contribution in [0.1, 0.15) is 0 Å². The summed E-state index contributed by atoms with van der Waals surface area (Å²) in [5.74, 6) is 1.21. The van der Waals surface area contributed by atoms with Gasteiger partial charge < -0.3 is 9.47 Å². The van der Waals surface area contributed by atoms with Crippen molar-refractivity contribution in [2.24, 2.45) is 0 Å². The van der Waals surface area contributed by atoms with Gasteiger partial charge in [0.1, 0.15) is 17.4 Å². The second-order valence-corrected chi connectivity index (χ2v) is 7.38. The average Bonchev–Trinajstić information content (AvgIpc) is 3.01. The van der Waals surface area contributed by atoms with Crippen molar-refractivity contribution in [2.75, 3.05) is 24.6 Å². The monoisotopic (exact) mass is 311 g/mol. The summed E-state index contributed by atoms with van der Waals surface area (Å²) in [5.41, 5.74) is 0.544. The van der Waals surface area contributed by atoms with Gasteiger partial charge in [-0.05, 0) is 23.6 Å². The van der Waals surface area contributed by atoms with E-state index in [1.807, 2.05) is 0 Å². The molecule has 0 amide bonds. The van der Waals surface area contributed by atoms with E-state index in [0.717, 1.165) is 0 Å². The number of sulfonamides is 1. The van der Waals surface area contributed by atoms with Crippen molar-refractivity contribution in [3.8, 4) is 11.5 Å². The van der Waals surface area contributed by atoms with Crippen LogP contribution in [0.2, 0.25) is 0 Å². The Labute approximate surface area is 121 Å². The molecule has 5 nitrogen and oxygen atoms in total. The van der Waals surface area contributed by atoms with Gasteiger partial charge in [-0.3, -0.25) is 4.31 Å². The fourth-order valence-electron chi connectivity index (χ4n) is 1.91. The molecule has 0 aliphatic carbocycles. The molecule has 0 radical (unpaired) electrons. The SMILES string of the molecule is CN(c1ccc2c(c1)OCCO2)S(=O)(=O)c1cccs1. The Kier molecular flexibility index (Phi) is 3.31. The van der Waals surface area contributed by atoms with E-state index in [-0.39, 0.29) is 0 Å². The second-order valence-electron chi connectivity index (χ2n) is 4.23. The van der Waals surface area contributed by atoms with Gasteiger partial charge in [-0.25, -0.2) is 8.42 Å². The fraction of sp³-hybridized carbons (Fsp3) is 0.231. The minimum atomic E-state index is -3.52. The summed E-state index contributed by atoms with van der Waals surface area (Å²) in [4.78, 5) is 0. The first-order chi connectivity index (χ1) is 9.59. The Morgan fingerprint density at radius 2 is 1.90 bits per heavy atom. The highest BCUT2D eigenvalue weighted by Crippen LogP contribution is 2.35. The topological polar surface area (TPSA) is 55.8 Å². The van der Waals surface area contributed by atoms with Crippen LogP contribution >= 0.6 is 11.3 Å². The van der Waals surface area contributed by atoms with Crippen molar-refractivity contribution in [1.29, 1.82) is 0 Å². The van der Waals surface area contributed by atoms with E-state index in [0.29, 0.717) is 34.6 Å². The third-order valence-corrected chi connectivity index (χ3v) is 6.16. The molecule has 106 valence electrons. The van der Waals surface area contributed by atoms with Crippen LogP contribution in [-0.4, -0.2) is 28.7 Å². The molecule has 0 saturated heterocycles. The lowest BCUT2D eigenvalue weighted by Crippen LogP contribution is -2.26. The van der Waals surface area contributed by atoms with Crippen LogP contribution in [0.3, 0.4) is 0 Å². The molecule has 0 N–H and O–H groups in total. The summed E-state index contributed by atoms with van der Waals surface area (Å²) in [7, 11) is -1.99. The standard InChI is InChI=1S/C13H13NO4S2/c1-14(20(15,16)13-3-2-8-19-13)10-4-5-11-12(9-10)18-7-6-17-11/h2-5,8-9H,6-7H2,1H3. The third kappa shape index (κ3) is 2.23. The third-order valence-electron chi connectivity index (χ3n) is 3.00. The Hall–Kier alpha value is -1.73. The number of thiophene rings is 1. The van der Waals surface area contributed by atoms with Gasteiger partial charge in [-0.2, -0.15) is 0 Å². The van der Waals surface area contributed by atoms with Crippen molar-refractivity contribution in [3.63, 3.8) is 0 Å². The Bertz CT molecular complexity index is 710. The molecule has 2 heterocycles. The normalized spacial score (nSPS) is 14.1. The minimum Gasteiger partial charge on any atom is -0.486 e. The molecule has 1 aliphatic heterocycles. The lowest BCUT2D eigenvalue weighted by atomic mass is 10.2. The maximum absolute atomic E-state index is 12.4. The maximum atomic E-state index is 12.4. The van der Waals surface area contributed by atoms with Crippen LogP contribution in [0.25, 0.3) is 0 Å². The predicted octanol–water partition coefficient (Wildman–Crippen LogP) is 2.34. The first kappa shape index (κ1) is 13.3. The highest BCUT2D eigenvalue weighted by atomic mass is 32.2. The molecular weight excluding hydrogens is 298 g/mol. The van der Waals surface area contributed by atoms with Crippen LogP contribution in [0.15, 0.2) is 39.9 Å². The molecule has 0 fully saturated rings. The lowest BCUT2D eigenvalue weighted by Gasteiger charge is -2.22. The summed E-state index contributed by atoms with van der Waals surface area (Å²) in [5, 5.41) is 1.74. The number of benzene rings is 1. The molecule has 0 spiro atoms. The second kappa shape index (κ2) is 4.99. The number of hydrogen-bond acceptors (Lipinski definition) is 5. The zero-order valence-electron chi connectivity index (χ0n) is 10.8. The first-order valence-corrected chi connectivity index (χ1v) is 8.33. The van der Waals surface area contributed by atoms with Gasteiger partial charge in [0.15, 0.2) is 11.5 Å². The molecule has 0 unspecified atom stereocenters. The van der Waals surface area contributed by atoms with Crippen molar-refractivity contribution in [3.05, 3.63) is 35.7 Å². The predicted molar refractivity (Wildman–Crippen MR) is 77.3 cm³/mol. The van der Waals surface area contributed by atoms with Gasteiger partial charge in [0.05, 0.1) is 5.69 Å². The summed E-state index contributed by atoms with van der Waals surface area (Å²) < 4.78 is 37.3. The van der Waals surface area contributed by atoms with Crippen molar-refractivity contribution >= 4 is 27.0 Å². The summed E-state index contributed by atoms with van der Waals surface area (Å²) in [6.07, 6.45) is 0. The van der Waals surface area contributed by atoms with Crippen LogP contribution < -0.4 is 13.8 Å². The molecule has 1 aliphatic rings. The van der Waals surface area contributed by atoms with E-state index < -0.39 is 10.0 Å². The Morgan fingerprint density at radius 3 is 2.60 bits per heavy atom. The van der Waals surface area contributed by atoms with E-state index >= 15 is 0 Å². The summed E-state index contributed by atoms with van der Waals surface area (Å²) in [6.45, 7) is 0.980. The van der Waals surface area contributed by atoms with Crippen molar-refractivity contribution < 1.29 is 17.9 Å². The Balaban J connectivity index is 1.97. The van der Waals surface area contributed by atoms with Crippen LogP contribution in [0, 0.1) is 0 Å². The van der Waals surface area contributed by atoms with Gasteiger partial charge in [0.25, 0.3) is 10.0 Å². The summed E-state index contributed by atoms with van der Waals surface area (Å²) >= 11 is 1.20. The van der Waals surface area contributed by atoms with E-state index in [9.17, 15) is 8.42 Å². The smallest absolute Gasteiger partial charge is 0.273 e. The zero-order chi connectivity index (χ0) is 14.2. The van der Waals surface area contributed by atoms with Crippen LogP contribution in [0.5, 0.6) is 11.5 Å². The molecule has 2 aromatic rings. The summed E-state index contributed by atoms with van der Waals surface area (Å²) in [6, 6.07) is 8.42. The zero-order valence-corrected chi connectivity index (χ0v) is 12.4. The molecule has 0 atom stereocenters. The van der Waals surface area contributed by atoms with E-state index in [1.54, 1.807) is 35.7 Å². The highest BCUT2D eigenvalue weighted by molar-refractivity contribution is 7.94. The van der Waals surface area contributed by atoms with Gasteiger partial charge in [-0.15, -0.1) is 11.3 Å². The van der Waals surface area contributed by atoms with E-state index in [2.05, 4.69) is 0 Å². The molecular formula is C13H13NO4S2. The average molecular weight is 311 g/mol. The van der Waals surface area contributed by atoms with Crippen LogP contribution in [0.4, 0.5) is 5.69 Å². The quantitative estimate of drug-likeness (QED) is 0.873. The number of nitrogens with zero attached hydrogens (tertiary/aromatic N) is 1. The van der Waals surface area contributed by atoms with Crippen molar-refractivity contribution in [2.45, 2.75) is 4.21 Å². The number of rotatable bonds is 3. The van der Waals surface area contributed by atoms with Gasteiger partial charge in [-0.1, -0.05) is 6.07 Å². The molecule has 0 saturated carbocycles. The van der Waals surface area contributed by atoms with Crippen LogP contribution in [-0.2, 0) is 10.0 Å². The largest absolute Gasteiger partial charge is 0.486 e. The van der Waals surface area contributed by atoms with Gasteiger partial charge in [0, 0.05) is 13.1 Å². The highest BCUT2D eigenvalue weighted by Gasteiger charge is 2.23. The Morgan fingerprint density at radius 1 is 1.15 bits per heavy atom.